The van der Waals surface area contributed by atoms with Crippen LogP contribution in [0.2, 0.25) is 0 Å². The quantitative estimate of drug-likeness (QED) is 0.158. The van der Waals surface area contributed by atoms with E-state index in [4.69, 9.17) is 0 Å². The van der Waals surface area contributed by atoms with Gasteiger partial charge in [0, 0.05) is 32.9 Å². The van der Waals surface area contributed by atoms with Crippen LogP contribution in [0.5, 0.6) is 0 Å². The Balaban J connectivity index is 1.00. The van der Waals surface area contributed by atoms with Crippen LogP contribution in [0.25, 0.3) is 111 Å². The topological polar surface area (TPSA) is 9.86 Å². The van der Waals surface area contributed by atoms with Crippen molar-refractivity contribution in [1.82, 2.24) is 9.13 Å². The highest BCUT2D eigenvalue weighted by atomic mass is 15.0. The molecule has 2 atom stereocenters. The molecule has 0 N–H and O–H groups in total. The average Bonchev–Trinajstić information content (AvgIpc) is 3.90. The summed E-state index contributed by atoms with van der Waals surface area (Å²) in [4.78, 5) is 0. The van der Waals surface area contributed by atoms with Crippen LogP contribution in [0.4, 0.5) is 0 Å². The van der Waals surface area contributed by atoms with Crippen LogP contribution in [0, 0.1) is 0 Å². The Morgan fingerprint density at radius 2 is 0.697 bits per heavy atom. The molecule has 12 aromatic rings. The average molecular weight is 843 g/mol. The molecule has 2 unspecified atom stereocenters. The number of para-hydroxylation sites is 2. The first-order valence-corrected chi connectivity index (χ1v) is 23.2. The molecule has 10 aromatic carbocycles. The standard InChI is InChI=1S/C64H46N2/c1-41-42(2)63-53(33-34-54-57-37-49(47-27-23-45(24-28-47)43-15-7-3-8-16-43)32-36-61(57)66(64(54)63)52-21-13-6-14-22-52)56-40-62-59(39-55(41)56)58-38-50(31-35-60(58)65(62)51-19-11-5-12-20-51)48-29-25-46(26-30-48)44-17-9-4-10-18-44/h3-42H,1-2H3. The zero-order valence-corrected chi connectivity index (χ0v) is 37.0. The van der Waals surface area contributed by atoms with Gasteiger partial charge in [0.05, 0.1) is 22.1 Å². The van der Waals surface area contributed by atoms with E-state index in [9.17, 15) is 0 Å². The molecule has 0 aliphatic heterocycles. The van der Waals surface area contributed by atoms with Crippen molar-refractivity contribution in [3.8, 4) is 67.0 Å². The number of hydrogen-bond donors (Lipinski definition) is 0. The predicted octanol–water partition coefficient (Wildman–Crippen LogP) is 17.4. The molecule has 1 aliphatic carbocycles. The van der Waals surface area contributed by atoms with Crippen LogP contribution in [0.1, 0.15) is 36.8 Å². The van der Waals surface area contributed by atoms with Gasteiger partial charge in [-0.05, 0) is 139 Å². The minimum Gasteiger partial charge on any atom is -0.309 e. The van der Waals surface area contributed by atoms with E-state index in [1.54, 1.807) is 0 Å². The first-order valence-electron chi connectivity index (χ1n) is 23.2. The summed E-state index contributed by atoms with van der Waals surface area (Å²) in [5.74, 6) is 0.554. The number of fused-ring (bicyclic) bond motifs is 10. The van der Waals surface area contributed by atoms with Gasteiger partial charge in [-0.25, -0.2) is 0 Å². The molecule has 0 bridgehead atoms. The third kappa shape index (κ3) is 6.02. The number of nitrogens with zero attached hydrogens (tertiary/aromatic N) is 2. The van der Waals surface area contributed by atoms with E-state index in [0.717, 1.165) is 0 Å². The lowest BCUT2D eigenvalue weighted by atomic mass is 9.72. The maximum atomic E-state index is 2.54. The van der Waals surface area contributed by atoms with Gasteiger partial charge < -0.3 is 9.13 Å². The Morgan fingerprint density at radius 1 is 0.288 bits per heavy atom. The molecule has 0 spiro atoms. The molecule has 13 rings (SSSR count). The van der Waals surface area contributed by atoms with Gasteiger partial charge in [-0.1, -0.05) is 184 Å². The Labute approximate surface area is 385 Å². The fourth-order valence-electron chi connectivity index (χ4n) is 11.1. The van der Waals surface area contributed by atoms with E-state index in [0.29, 0.717) is 0 Å². The fourth-order valence-corrected chi connectivity index (χ4v) is 11.1. The van der Waals surface area contributed by atoms with Crippen LogP contribution in [-0.2, 0) is 0 Å². The lowest BCUT2D eigenvalue weighted by Crippen LogP contribution is -2.15. The van der Waals surface area contributed by atoms with Crippen LogP contribution in [0.3, 0.4) is 0 Å². The van der Waals surface area contributed by atoms with Crippen molar-refractivity contribution < 1.29 is 0 Å². The maximum Gasteiger partial charge on any atom is 0.0582 e. The molecule has 2 heteroatoms. The monoisotopic (exact) mass is 842 g/mol. The van der Waals surface area contributed by atoms with E-state index in [1.165, 1.54) is 122 Å². The molecule has 312 valence electrons. The highest BCUT2D eigenvalue weighted by Crippen LogP contribution is 2.53. The van der Waals surface area contributed by atoms with Gasteiger partial charge >= 0.3 is 0 Å². The van der Waals surface area contributed by atoms with Gasteiger partial charge in [-0.15, -0.1) is 0 Å². The Kier molecular flexibility index (Phi) is 8.83. The zero-order chi connectivity index (χ0) is 43.9. The van der Waals surface area contributed by atoms with Crippen molar-refractivity contribution in [2.45, 2.75) is 25.7 Å². The Hall–Kier alpha value is -8.20. The van der Waals surface area contributed by atoms with Gasteiger partial charge in [0.2, 0.25) is 0 Å². The highest BCUT2D eigenvalue weighted by molar-refractivity contribution is 6.15. The summed E-state index contributed by atoms with van der Waals surface area (Å²) in [6, 6.07) is 85.1. The highest BCUT2D eigenvalue weighted by Gasteiger charge is 2.33. The lowest BCUT2D eigenvalue weighted by molar-refractivity contribution is 0.619. The first kappa shape index (κ1) is 38.3. The van der Waals surface area contributed by atoms with Crippen molar-refractivity contribution >= 4 is 43.6 Å². The van der Waals surface area contributed by atoms with Crippen molar-refractivity contribution in [2.75, 3.05) is 0 Å². The summed E-state index contributed by atoms with van der Waals surface area (Å²) in [5.41, 5.74) is 22.6. The molecular formula is C64H46N2. The predicted molar refractivity (Wildman–Crippen MR) is 279 cm³/mol. The SMILES string of the molecule is CC1c2cc3c4cc(-c5ccc(-c6ccccc6)cc5)ccc4n(-c4ccccc4)c3cc2-c2ccc3c4cc(-c5ccc(-c6ccccc6)cc5)ccc4n(-c4ccccc4)c3c2C1C. The van der Waals surface area contributed by atoms with Crippen LogP contribution >= 0.6 is 0 Å². The van der Waals surface area contributed by atoms with E-state index in [2.05, 4.69) is 254 Å². The van der Waals surface area contributed by atoms with Crippen molar-refractivity contribution in [3.63, 3.8) is 0 Å². The summed E-state index contributed by atoms with van der Waals surface area (Å²) in [6.07, 6.45) is 0. The normalized spacial score (nSPS) is 14.5. The number of rotatable bonds is 6. The summed E-state index contributed by atoms with van der Waals surface area (Å²) in [6.45, 7) is 4.90. The molecule has 0 saturated heterocycles. The third-order valence-corrected chi connectivity index (χ3v) is 14.6. The number of aromatic nitrogens is 2. The van der Waals surface area contributed by atoms with Crippen LogP contribution in [-0.4, -0.2) is 9.13 Å². The number of hydrogen-bond acceptors (Lipinski definition) is 0. The molecule has 0 saturated carbocycles. The smallest absolute Gasteiger partial charge is 0.0582 e. The molecule has 66 heavy (non-hydrogen) atoms. The Morgan fingerprint density at radius 3 is 1.23 bits per heavy atom. The van der Waals surface area contributed by atoms with Crippen molar-refractivity contribution in [1.29, 1.82) is 0 Å². The molecule has 2 nitrogen and oxygen atoms in total. The molecule has 0 fully saturated rings. The molecule has 1 aliphatic rings. The van der Waals surface area contributed by atoms with Crippen molar-refractivity contribution in [2.24, 2.45) is 0 Å². The second kappa shape index (κ2) is 15.2. The lowest BCUT2D eigenvalue weighted by Gasteiger charge is -2.33. The van der Waals surface area contributed by atoms with Gasteiger partial charge in [0.25, 0.3) is 0 Å². The van der Waals surface area contributed by atoms with Gasteiger partial charge in [-0.3, -0.25) is 0 Å². The van der Waals surface area contributed by atoms with Crippen molar-refractivity contribution in [3.05, 3.63) is 242 Å². The van der Waals surface area contributed by atoms with Gasteiger partial charge in [-0.2, -0.15) is 0 Å². The van der Waals surface area contributed by atoms with E-state index < -0.39 is 0 Å². The van der Waals surface area contributed by atoms with Gasteiger partial charge in [0.15, 0.2) is 0 Å². The number of benzene rings is 10. The minimum atomic E-state index is 0.270. The maximum absolute atomic E-state index is 2.54. The first-order chi connectivity index (χ1) is 32.6. The molecule has 0 amide bonds. The second-order valence-electron chi connectivity index (χ2n) is 18.1. The van der Waals surface area contributed by atoms with Crippen LogP contribution in [0.15, 0.2) is 231 Å². The Bertz CT molecular complexity index is 3690. The second-order valence-corrected chi connectivity index (χ2v) is 18.1. The molecule has 2 aromatic heterocycles. The van der Waals surface area contributed by atoms with Crippen LogP contribution < -0.4 is 0 Å². The third-order valence-electron chi connectivity index (χ3n) is 14.6. The zero-order valence-electron chi connectivity index (χ0n) is 37.0. The molecule has 0 radical (unpaired) electrons. The fraction of sp³-hybridized carbons (Fsp3) is 0.0625. The summed E-state index contributed by atoms with van der Waals surface area (Å²) in [7, 11) is 0. The summed E-state index contributed by atoms with van der Waals surface area (Å²) >= 11 is 0. The van der Waals surface area contributed by atoms with E-state index >= 15 is 0 Å². The molecule has 2 heterocycles. The molecular weight excluding hydrogens is 797 g/mol. The van der Waals surface area contributed by atoms with E-state index in [1.807, 2.05) is 0 Å². The van der Waals surface area contributed by atoms with E-state index in [-0.39, 0.29) is 11.8 Å². The van der Waals surface area contributed by atoms with Gasteiger partial charge in [0.1, 0.15) is 0 Å². The summed E-state index contributed by atoms with van der Waals surface area (Å²) in [5, 5.41) is 5.14. The largest absolute Gasteiger partial charge is 0.309 e. The minimum absolute atomic E-state index is 0.270. The summed E-state index contributed by atoms with van der Waals surface area (Å²) < 4.78 is 5.01.